The third-order valence-corrected chi connectivity index (χ3v) is 8.31. The van der Waals surface area contributed by atoms with E-state index in [2.05, 4.69) is 26.1 Å². The Bertz CT molecular complexity index is 536. The standard InChI is InChI=1S/C35H69NO3/c1-4-6-7-8-9-10-11-12-13-18-21-24-27-30-35(39)36-33(31-37)34(38)29-26-23-20-17-15-14-16-19-22-25-28-32(3)5-2/h26,29,32-34,37-38H,4-25,27-28,30-31H2,1-3H3,(H,36,39)/b29-26+/t32-,33-,34+/m0/s1. The van der Waals surface area contributed by atoms with Crippen molar-refractivity contribution in [3.63, 3.8) is 0 Å². The molecule has 39 heavy (non-hydrogen) atoms. The normalized spacial score (nSPS) is 14.1. The zero-order valence-corrected chi connectivity index (χ0v) is 26.6. The quantitative estimate of drug-likeness (QED) is 0.0614. The summed E-state index contributed by atoms with van der Waals surface area (Å²) in [6, 6.07) is -0.615. The van der Waals surface area contributed by atoms with Crippen LogP contribution in [0.25, 0.3) is 0 Å². The molecule has 0 aromatic heterocycles. The Balaban J connectivity index is 3.65. The van der Waals surface area contributed by atoms with Gasteiger partial charge in [-0.1, -0.05) is 168 Å². The summed E-state index contributed by atoms with van der Waals surface area (Å²) in [5.41, 5.74) is 0. The van der Waals surface area contributed by atoms with E-state index in [4.69, 9.17) is 0 Å². The van der Waals surface area contributed by atoms with Crippen molar-refractivity contribution in [3.8, 4) is 0 Å². The molecule has 4 nitrogen and oxygen atoms in total. The number of hydrogen-bond acceptors (Lipinski definition) is 3. The molecule has 0 saturated heterocycles. The van der Waals surface area contributed by atoms with E-state index in [0.717, 1.165) is 31.6 Å². The van der Waals surface area contributed by atoms with Crippen LogP contribution in [0.1, 0.15) is 181 Å². The second-order valence-electron chi connectivity index (χ2n) is 12.2. The number of aliphatic hydroxyl groups is 2. The van der Waals surface area contributed by atoms with E-state index in [1.165, 1.54) is 128 Å². The van der Waals surface area contributed by atoms with Gasteiger partial charge in [-0.2, -0.15) is 0 Å². The molecule has 4 heteroatoms. The summed E-state index contributed by atoms with van der Waals surface area (Å²) in [6.45, 7) is 6.66. The van der Waals surface area contributed by atoms with Gasteiger partial charge in [0.15, 0.2) is 0 Å². The molecule has 3 N–H and O–H groups in total. The summed E-state index contributed by atoms with van der Waals surface area (Å²) in [5, 5.41) is 22.8. The molecule has 0 spiro atoms. The smallest absolute Gasteiger partial charge is 0.220 e. The third kappa shape index (κ3) is 27.1. The second-order valence-corrected chi connectivity index (χ2v) is 12.2. The van der Waals surface area contributed by atoms with Crippen LogP contribution in [0, 0.1) is 5.92 Å². The third-order valence-electron chi connectivity index (χ3n) is 8.31. The molecular formula is C35H69NO3. The Morgan fingerprint density at radius 3 is 1.64 bits per heavy atom. The predicted octanol–water partition coefficient (Wildman–Crippen LogP) is 9.81. The summed E-state index contributed by atoms with van der Waals surface area (Å²) >= 11 is 0. The van der Waals surface area contributed by atoms with E-state index in [1.807, 2.05) is 6.08 Å². The first-order chi connectivity index (χ1) is 19.0. The maximum atomic E-state index is 12.3. The molecule has 0 fully saturated rings. The van der Waals surface area contributed by atoms with Gasteiger partial charge in [0.25, 0.3) is 0 Å². The maximum absolute atomic E-state index is 12.3. The fourth-order valence-electron chi connectivity index (χ4n) is 5.21. The molecule has 0 bridgehead atoms. The summed E-state index contributed by atoms with van der Waals surface area (Å²) < 4.78 is 0. The highest BCUT2D eigenvalue weighted by molar-refractivity contribution is 5.76. The molecule has 232 valence electrons. The number of hydrogen-bond donors (Lipinski definition) is 3. The molecule has 0 aliphatic rings. The number of rotatable bonds is 30. The van der Waals surface area contributed by atoms with Crippen LogP contribution in [0.2, 0.25) is 0 Å². The van der Waals surface area contributed by atoms with E-state index in [0.29, 0.717) is 6.42 Å². The SMILES string of the molecule is CCCCCCCCCCCCCCCC(=O)N[C@@H](CO)[C@H](O)/C=C/CCCCCCCCCC[C@@H](C)CC. The minimum Gasteiger partial charge on any atom is -0.394 e. The first kappa shape index (κ1) is 38.1. The Morgan fingerprint density at radius 1 is 0.692 bits per heavy atom. The van der Waals surface area contributed by atoms with Crippen LogP contribution in [-0.4, -0.2) is 34.9 Å². The number of carbonyl (C=O) groups excluding carboxylic acids is 1. The number of amides is 1. The van der Waals surface area contributed by atoms with Crippen molar-refractivity contribution in [3.05, 3.63) is 12.2 Å². The number of carbonyl (C=O) groups is 1. The van der Waals surface area contributed by atoms with Crippen LogP contribution < -0.4 is 5.32 Å². The summed E-state index contributed by atoms with van der Waals surface area (Å²) in [5.74, 6) is 0.818. The largest absolute Gasteiger partial charge is 0.394 e. The lowest BCUT2D eigenvalue weighted by atomic mass is 9.99. The Kier molecular flexibility index (Phi) is 29.4. The van der Waals surface area contributed by atoms with Crippen molar-refractivity contribution in [1.29, 1.82) is 0 Å². The van der Waals surface area contributed by atoms with Gasteiger partial charge < -0.3 is 15.5 Å². The fraction of sp³-hybridized carbons (Fsp3) is 0.914. The fourth-order valence-corrected chi connectivity index (χ4v) is 5.21. The zero-order valence-electron chi connectivity index (χ0n) is 26.6. The van der Waals surface area contributed by atoms with Gasteiger partial charge in [0.05, 0.1) is 18.8 Å². The summed E-state index contributed by atoms with van der Waals surface area (Å²) in [4.78, 5) is 12.3. The monoisotopic (exact) mass is 552 g/mol. The lowest BCUT2D eigenvalue weighted by Gasteiger charge is -2.20. The van der Waals surface area contributed by atoms with Gasteiger partial charge in [0.1, 0.15) is 0 Å². The topological polar surface area (TPSA) is 69.6 Å². The van der Waals surface area contributed by atoms with E-state index in [1.54, 1.807) is 6.08 Å². The van der Waals surface area contributed by atoms with Crippen molar-refractivity contribution >= 4 is 5.91 Å². The van der Waals surface area contributed by atoms with Crippen molar-refractivity contribution in [1.82, 2.24) is 5.32 Å². The predicted molar refractivity (Wildman–Crippen MR) is 170 cm³/mol. The van der Waals surface area contributed by atoms with Gasteiger partial charge in [-0.15, -0.1) is 0 Å². The van der Waals surface area contributed by atoms with Gasteiger partial charge in [-0.25, -0.2) is 0 Å². The van der Waals surface area contributed by atoms with Crippen molar-refractivity contribution in [2.24, 2.45) is 5.92 Å². The second kappa shape index (κ2) is 30.1. The van der Waals surface area contributed by atoms with Gasteiger partial charge in [-0.05, 0) is 25.2 Å². The van der Waals surface area contributed by atoms with Gasteiger partial charge in [0, 0.05) is 6.42 Å². The molecule has 1 amide bonds. The molecule has 0 unspecified atom stereocenters. The molecule has 0 saturated carbocycles. The van der Waals surface area contributed by atoms with E-state index >= 15 is 0 Å². The molecule has 0 aromatic carbocycles. The molecular weight excluding hydrogens is 482 g/mol. The number of unbranched alkanes of at least 4 members (excludes halogenated alkanes) is 20. The van der Waals surface area contributed by atoms with Crippen molar-refractivity contribution in [2.45, 2.75) is 193 Å². The number of aliphatic hydroxyl groups excluding tert-OH is 2. The maximum Gasteiger partial charge on any atom is 0.220 e. The zero-order chi connectivity index (χ0) is 28.8. The van der Waals surface area contributed by atoms with Gasteiger partial charge in [-0.3, -0.25) is 4.79 Å². The number of nitrogens with one attached hydrogen (secondary N) is 1. The molecule has 0 radical (unpaired) electrons. The van der Waals surface area contributed by atoms with Crippen LogP contribution in [-0.2, 0) is 4.79 Å². The molecule has 0 aliphatic carbocycles. The average molecular weight is 552 g/mol. The highest BCUT2D eigenvalue weighted by atomic mass is 16.3. The van der Waals surface area contributed by atoms with Gasteiger partial charge >= 0.3 is 0 Å². The van der Waals surface area contributed by atoms with Crippen LogP contribution >= 0.6 is 0 Å². The Morgan fingerprint density at radius 2 is 1.15 bits per heavy atom. The van der Waals surface area contributed by atoms with E-state index < -0.39 is 12.1 Å². The highest BCUT2D eigenvalue weighted by Gasteiger charge is 2.17. The minimum atomic E-state index is -0.832. The van der Waals surface area contributed by atoms with E-state index in [-0.39, 0.29) is 12.5 Å². The first-order valence-electron chi connectivity index (χ1n) is 17.3. The first-order valence-corrected chi connectivity index (χ1v) is 17.3. The average Bonchev–Trinajstić information content (AvgIpc) is 2.94. The lowest BCUT2D eigenvalue weighted by Crippen LogP contribution is -2.45. The number of allylic oxidation sites excluding steroid dienone is 1. The van der Waals surface area contributed by atoms with Crippen molar-refractivity contribution < 1.29 is 15.0 Å². The van der Waals surface area contributed by atoms with Gasteiger partial charge in [0.2, 0.25) is 5.91 Å². The minimum absolute atomic E-state index is 0.0653. The van der Waals surface area contributed by atoms with E-state index in [9.17, 15) is 15.0 Å². The van der Waals surface area contributed by atoms with Crippen LogP contribution in [0.5, 0.6) is 0 Å². The molecule has 0 heterocycles. The van der Waals surface area contributed by atoms with Crippen LogP contribution in [0.4, 0.5) is 0 Å². The highest BCUT2D eigenvalue weighted by Crippen LogP contribution is 2.16. The summed E-state index contributed by atoms with van der Waals surface area (Å²) in [6.07, 6.45) is 34.2. The Labute approximate surface area is 244 Å². The molecule has 0 aliphatic heterocycles. The summed E-state index contributed by atoms with van der Waals surface area (Å²) in [7, 11) is 0. The lowest BCUT2D eigenvalue weighted by molar-refractivity contribution is -0.123. The molecule has 0 aromatic rings. The Hall–Kier alpha value is -0.870. The van der Waals surface area contributed by atoms with Crippen LogP contribution in [0.15, 0.2) is 12.2 Å². The van der Waals surface area contributed by atoms with Crippen molar-refractivity contribution in [2.75, 3.05) is 6.61 Å². The van der Waals surface area contributed by atoms with Crippen LogP contribution in [0.3, 0.4) is 0 Å². The molecule has 3 atom stereocenters. The molecule has 0 rings (SSSR count).